The third kappa shape index (κ3) is 2.79. The monoisotopic (exact) mass is 347 g/mol. The van der Waals surface area contributed by atoms with Gasteiger partial charge in [-0.25, -0.2) is 0 Å². The summed E-state index contributed by atoms with van der Waals surface area (Å²) in [5.74, 6) is 1.13. The molecule has 1 aliphatic rings. The topological polar surface area (TPSA) is 32.3 Å². The molecule has 0 heterocycles. The molecule has 2 nitrogen and oxygen atoms in total. The highest BCUT2D eigenvalue weighted by Crippen LogP contribution is 2.35. The van der Waals surface area contributed by atoms with Crippen LogP contribution in [0.15, 0.2) is 21.1 Å². The van der Waals surface area contributed by atoms with Crippen LogP contribution in [-0.2, 0) is 6.54 Å². The summed E-state index contributed by atoms with van der Waals surface area (Å²) < 4.78 is 1.48. The third-order valence-electron chi connectivity index (χ3n) is 3.09. The van der Waals surface area contributed by atoms with Crippen LogP contribution in [0, 0.1) is 5.92 Å². The molecule has 88 valence electrons. The summed E-state index contributed by atoms with van der Waals surface area (Å²) in [6.45, 7) is 3.10. The number of hydrogen-bond donors (Lipinski definition) is 2. The Morgan fingerprint density at radius 2 is 2.00 bits per heavy atom. The van der Waals surface area contributed by atoms with Crippen LogP contribution < -0.4 is 5.32 Å². The van der Waals surface area contributed by atoms with Gasteiger partial charge in [0, 0.05) is 12.6 Å². The van der Waals surface area contributed by atoms with E-state index < -0.39 is 0 Å². The van der Waals surface area contributed by atoms with E-state index in [1.54, 1.807) is 0 Å². The first kappa shape index (κ1) is 12.4. The lowest BCUT2D eigenvalue weighted by molar-refractivity contribution is 0.468. The third-order valence-corrected chi connectivity index (χ3v) is 4.30. The van der Waals surface area contributed by atoms with Crippen molar-refractivity contribution in [2.24, 2.45) is 5.92 Å². The lowest BCUT2D eigenvalue weighted by Crippen LogP contribution is -2.17. The Hall–Kier alpha value is -0.0600. The standard InChI is InChI=1S/C12H15Br2NO/c1-2-8-5-11(8)15-6-7-3-9(13)12(16)10(14)4-7/h3-4,8,11,15-16H,2,5-6H2,1H3. The quantitative estimate of drug-likeness (QED) is 0.867. The fourth-order valence-electron chi connectivity index (χ4n) is 1.92. The van der Waals surface area contributed by atoms with Gasteiger partial charge in [-0.15, -0.1) is 0 Å². The summed E-state index contributed by atoms with van der Waals surface area (Å²) in [4.78, 5) is 0. The number of phenolic OH excluding ortho intramolecular Hbond substituents is 1. The number of nitrogens with one attached hydrogen (secondary N) is 1. The second-order valence-electron chi connectivity index (χ2n) is 4.30. The van der Waals surface area contributed by atoms with Crippen LogP contribution in [-0.4, -0.2) is 11.1 Å². The Morgan fingerprint density at radius 3 is 2.50 bits per heavy atom. The molecule has 2 N–H and O–H groups in total. The van der Waals surface area contributed by atoms with Gasteiger partial charge < -0.3 is 10.4 Å². The Morgan fingerprint density at radius 1 is 1.38 bits per heavy atom. The fourth-order valence-corrected chi connectivity index (χ4v) is 3.20. The van der Waals surface area contributed by atoms with Crippen molar-refractivity contribution < 1.29 is 5.11 Å². The first-order valence-corrected chi connectivity index (χ1v) is 7.10. The lowest BCUT2D eigenvalue weighted by Gasteiger charge is -2.07. The average Bonchev–Trinajstić information content (AvgIpc) is 3.01. The molecule has 4 heteroatoms. The molecule has 0 aliphatic heterocycles. The molecular weight excluding hydrogens is 334 g/mol. The van der Waals surface area contributed by atoms with Gasteiger partial charge in [-0.05, 0) is 61.9 Å². The van der Waals surface area contributed by atoms with Crippen molar-refractivity contribution >= 4 is 31.9 Å². The Bertz CT molecular complexity index is 372. The Balaban J connectivity index is 1.95. The largest absolute Gasteiger partial charge is 0.506 e. The molecule has 0 aromatic heterocycles. The van der Waals surface area contributed by atoms with Crippen LogP contribution in [0.4, 0.5) is 0 Å². The molecule has 1 fully saturated rings. The first-order chi connectivity index (χ1) is 7.61. The zero-order valence-electron chi connectivity index (χ0n) is 9.13. The summed E-state index contributed by atoms with van der Waals surface area (Å²) in [6.07, 6.45) is 2.57. The van der Waals surface area contributed by atoms with Crippen LogP contribution >= 0.6 is 31.9 Å². The molecule has 1 aromatic carbocycles. The number of rotatable bonds is 4. The highest BCUT2D eigenvalue weighted by atomic mass is 79.9. The van der Waals surface area contributed by atoms with E-state index in [2.05, 4.69) is 44.1 Å². The predicted octanol–water partition coefficient (Wildman–Crippen LogP) is 3.81. The van der Waals surface area contributed by atoms with Crippen molar-refractivity contribution in [2.45, 2.75) is 32.4 Å². The fraction of sp³-hybridized carbons (Fsp3) is 0.500. The molecule has 1 saturated carbocycles. The van der Waals surface area contributed by atoms with Crippen LogP contribution in [0.3, 0.4) is 0 Å². The van der Waals surface area contributed by atoms with E-state index in [0.29, 0.717) is 6.04 Å². The summed E-state index contributed by atoms with van der Waals surface area (Å²) in [7, 11) is 0. The molecule has 1 aliphatic carbocycles. The van der Waals surface area contributed by atoms with Crippen molar-refractivity contribution in [3.63, 3.8) is 0 Å². The molecule has 1 aromatic rings. The van der Waals surface area contributed by atoms with E-state index in [9.17, 15) is 5.11 Å². The highest BCUT2D eigenvalue weighted by Gasteiger charge is 2.34. The lowest BCUT2D eigenvalue weighted by atomic mass is 10.2. The summed E-state index contributed by atoms with van der Waals surface area (Å²) >= 11 is 6.67. The van der Waals surface area contributed by atoms with Crippen LogP contribution in [0.1, 0.15) is 25.3 Å². The van der Waals surface area contributed by atoms with Crippen molar-refractivity contribution in [3.05, 3.63) is 26.6 Å². The van der Waals surface area contributed by atoms with E-state index in [-0.39, 0.29) is 5.75 Å². The highest BCUT2D eigenvalue weighted by molar-refractivity contribution is 9.11. The van der Waals surface area contributed by atoms with Gasteiger partial charge in [0.25, 0.3) is 0 Å². The van der Waals surface area contributed by atoms with Gasteiger partial charge in [-0.3, -0.25) is 0 Å². The molecule has 2 atom stereocenters. The molecule has 2 rings (SSSR count). The summed E-state index contributed by atoms with van der Waals surface area (Å²) in [6, 6.07) is 4.60. The molecule has 2 unspecified atom stereocenters. The van der Waals surface area contributed by atoms with E-state index >= 15 is 0 Å². The van der Waals surface area contributed by atoms with Crippen molar-refractivity contribution in [1.82, 2.24) is 5.32 Å². The van der Waals surface area contributed by atoms with Crippen LogP contribution in [0.5, 0.6) is 5.75 Å². The number of hydrogen-bond acceptors (Lipinski definition) is 2. The Labute approximate surface area is 113 Å². The van der Waals surface area contributed by atoms with E-state index in [0.717, 1.165) is 21.4 Å². The minimum atomic E-state index is 0.265. The molecule has 16 heavy (non-hydrogen) atoms. The predicted molar refractivity (Wildman–Crippen MR) is 72.5 cm³/mol. The summed E-state index contributed by atoms with van der Waals surface area (Å²) in [5, 5.41) is 13.1. The first-order valence-electron chi connectivity index (χ1n) is 5.52. The second-order valence-corrected chi connectivity index (χ2v) is 6.01. The number of phenols is 1. The van der Waals surface area contributed by atoms with Gasteiger partial charge in [-0.2, -0.15) is 0 Å². The zero-order chi connectivity index (χ0) is 11.7. The molecule has 0 amide bonds. The van der Waals surface area contributed by atoms with Gasteiger partial charge >= 0.3 is 0 Å². The number of benzene rings is 1. The maximum Gasteiger partial charge on any atom is 0.143 e. The summed E-state index contributed by atoms with van der Waals surface area (Å²) in [5.41, 5.74) is 1.18. The van der Waals surface area contributed by atoms with Crippen LogP contribution in [0.2, 0.25) is 0 Å². The maximum atomic E-state index is 9.59. The minimum Gasteiger partial charge on any atom is -0.506 e. The maximum absolute atomic E-state index is 9.59. The molecule has 0 bridgehead atoms. The smallest absolute Gasteiger partial charge is 0.143 e. The van der Waals surface area contributed by atoms with E-state index in [1.807, 2.05) is 12.1 Å². The van der Waals surface area contributed by atoms with E-state index in [4.69, 9.17) is 0 Å². The number of halogens is 2. The minimum absolute atomic E-state index is 0.265. The van der Waals surface area contributed by atoms with Crippen molar-refractivity contribution in [1.29, 1.82) is 0 Å². The number of aromatic hydroxyl groups is 1. The van der Waals surface area contributed by atoms with Crippen molar-refractivity contribution in [3.8, 4) is 5.75 Å². The molecular formula is C12H15Br2NO. The van der Waals surface area contributed by atoms with Gasteiger partial charge in [0.1, 0.15) is 5.75 Å². The normalized spacial score (nSPS) is 23.4. The van der Waals surface area contributed by atoms with E-state index in [1.165, 1.54) is 18.4 Å². The van der Waals surface area contributed by atoms with Crippen molar-refractivity contribution in [2.75, 3.05) is 0 Å². The molecule has 0 radical (unpaired) electrons. The van der Waals surface area contributed by atoms with Gasteiger partial charge in [0.15, 0.2) is 0 Å². The Kier molecular flexibility index (Phi) is 3.93. The molecule has 0 saturated heterocycles. The van der Waals surface area contributed by atoms with Gasteiger partial charge in [0.05, 0.1) is 8.95 Å². The molecule has 0 spiro atoms. The SMILES string of the molecule is CCC1CC1NCc1cc(Br)c(O)c(Br)c1. The van der Waals surface area contributed by atoms with Gasteiger partial charge in [0.2, 0.25) is 0 Å². The van der Waals surface area contributed by atoms with Gasteiger partial charge in [-0.1, -0.05) is 13.3 Å². The zero-order valence-corrected chi connectivity index (χ0v) is 12.3. The average molecular weight is 349 g/mol. The second kappa shape index (κ2) is 5.07. The van der Waals surface area contributed by atoms with Crippen LogP contribution in [0.25, 0.3) is 0 Å².